The van der Waals surface area contributed by atoms with Crippen molar-refractivity contribution in [2.24, 2.45) is 0 Å². The Hall–Kier alpha value is -4.29. The standard InChI is InChI=1S/C28H33N7O5/c36-24(29-12-3-13-30-27-22-4-1-2-5-23(22)28(37)33-32-27)10-11-25-31-26(34-40-25)20-6-8-21(9-7-20)39-19-16-35-14-17-38-18-15-35/h1-2,4-9H,3,10-19H2,(H,29,36)(H,30,32)(H,33,37). The van der Waals surface area contributed by atoms with Gasteiger partial charge in [0.25, 0.3) is 5.56 Å². The van der Waals surface area contributed by atoms with Crippen LogP contribution in [-0.4, -0.2) is 83.7 Å². The highest BCUT2D eigenvalue weighted by Crippen LogP contribution is 2.20. The Morgan fingerprint density at radius 3 is 2.67 bits per heavy atom. The quantitative estimate of drug-likeness (QED) is 0.213. The number of morpholine rings is 1. The molecule has 1 amide bonds. The Kier molecular flexibility index (Phi) is 9.33. The molecule has 0 aliphatic carbocycles. The molecular weight excluding hydrogens is 514 g/mol. The molecular formula is C28H33N7O5. The second-order valence-corrected chi connectivity index (χ2v) is 9.42. The summed E-state index contributed by atoms with van der Waals surface area (Å²) in [5.41, 5.74) is 0.595. The molecule has 12 nitrogen and oxygen atoms in total. The van der Waals surface area contributed by atoms with Crippen LogP contribution in [0.4, 0.5) is 5.82 Å². The number of nitrogens with zero attached hydrogens (tertiary/aromatic N) is 4. The highest BCUT2D eigenvalue weighted by atomic mass is 16.5. The first-order valence-electron chi connectivity index (χ1n) is 13.5. The van der Waals surface area contributed by atoms with Crippen LogP contribution in [0.5, 0.6) is 5.75 Å². The number of aryl methyl sites for hydroxylation is 1. The number of hydrogen-bond acceptors (Lipinski definition) is 10. The molecule has 1 aliphatic rings. The number of nitrogens with one attached hydrogen (secondary N) is 3. The van der Waals surface area contributed by atoms with Gasteiger partial charge in [-0.15, -0.1) is 0 Å². The molecule has 1 saturated heterocycles. The summed E-state index contributed by atoms with van der Waals surface area (Å²) in [7, 11) is 0. The Morgan fingerprint density at radius 1 is 1.05 bits per heavy atom. The van der Waals surface area contributed by atoms with Gasteiger partial charge in [-0.25, -0.2) is 5.10 Å². The van der Waals surface area contributed by atoms with Crippen LogP contribution in [0.3, 0.4) is 0 Å². The van der Waals surface area contributed by atoms with Gasteiger partial charge in [-0.05, 0) is 36.8 Å². The molecule has 5 rings (SSSR count). The van der Waals surface area contributed by atoms with Crippen LogP contribution >= 0.6 is 0 Å². The van der Waals surface area contributed by atoms with E-state index in [0.717, 1.165) is 49.5 Å². The first-order valence-corrected chi connectivity index (χ1v) is 13.5. The van der Waals surface area contributed by atoms with Crippen LogP contribution in [0.15, 0.2) is 57.8 Å². The van der Waals surface area contributed by atoms with Crippen LogP contribution in [0, 0.1) is 0 Å². The second kappa shape index (κ2) is 13.7. The first-order chi connectivity index (χ1) is 19.7. The maximum absolute atomic E-state index is 12.3. The zero-order chi connectivity index (χ0) is 27.6. The minimum atomic E-state index is -0.222. The number of fused-ring (bicyclic) bond motifs is 1. The number of hydrogen-bond donors (Lipinski definition) is 3. The van der Waals surface area contributed by atoms with Crippen LogP contribution in [-0.2, 0) is 16.0 Å². The van der Waals surface area contributed by atoms with Crippen molar-refractivity contribution in [2.45, 2.75) is 19.3 Å². The fourth-order valence-corrected chi connectivity index (χ4v) is 4.37. The van der Waals surface area contributed by atoms with Crippen molar-refractivity contribution in [1.82, 2.24) is 30.6 Å². The molecule has 4 aromatic rings. The molecule has 3 heterocycles. The summed E-state index contributed by atoms with van der Waals surface area (Å²) < 4.78 is 16.6. The summed E-state index contributed by atoms with van der Waals surface area (Å²) in [5.74, 6) is 2.19. The van der Waals surface area contributed by atoms with E-state index in [-0.39, 0.29) is 17.9 Å². The zero-order valence-corrected chi connectivity index (χ0v) is 22.2. The molecule has 0 bridgehead atoms. The number of carbonyl (C=O) groups excluding carboxylic acids is 1. The third-order valence-electron chi connectivity index (χ3n) is 6.59. The van der Waals surface area contributed by atoms with Gasteiger partial charge in [0.05, 0.1) is 18.6 Å². The van der Waals surface area contributed by atoms with Crippen LogP contribution in [0.2, 0.25) is 0 Å². The van der Waals surface area contributed by atoms with Gasteiger partial charge in [-0.1, -0.05) is 23.4 Å². The van der Waals surface area contributed by atoms with E-state index in [1.807, 2.05) is 42.5 Å². The topological polar surface area (TPSA) is 148 Å². The lowest BCUT2D eigenvalue weighted by Gasteiger charge is -2.26. The second-order valence-electron chi connectivity index (χ2n) is 9.42. The Balaban J connectivity index is 0.991. The third kappa shape index (κ3) is 7.42. The highest BCUT2D eigenvalue weighted by Gasteiger charge is 2.12. The molecule has 0 unspecified atom stereocenters. The predicted molar refractivity (Wildman–Crippen MR) is 149 cm³/mol. The fraction of sp³-hybridized carbons (Fsp3) is 0.393. The van der Waals surface area contributed by atoms with Crippen LogP contribution in [0.25, 0.3) is 22.2 Å². The molecule has 40 heavy (non-hydrogen) atoms. The Bertz CT molecular complexity index is 1450. The van der Waals surface area contributed by atoms with E-state index in [4.69, 9.17) is 14.0 Å². The number of anilines is 1. The third-order valence-corrected chi connectivity index (χ3v) is 6.59. The number of benzene rings is 2. The summed E-state index contributed by atoms with van der Waals surface area (Å²) in [6.45, 7) is 6.02. The van der Waals surface area contributed by atoms with Gasteiger partial charge in [-0.3, -0.25) is 14.5 Å². The highest BCUT2D eigenvalue weighted by molar-refractivity contribution is 5.90. The van der Waals surface area contributed by atoms with Crippen molar-refractivity contribution >= 4 is 22.5 Å². The van der Waals surface area contributed by atoms with Gasteiger partial charge in [0.2, 0.25) is 17.6 Å². The molecule has 12 heteroatoms. The van der Waals surface area contributed by atoms with Crippen molar-refractivity contribution in [1.29, 1.82) is 0 Å². The van der Waals surface area contributed by atoms with E-state index in [1.54, 1.807) is 6.07 Å². The van der Waals surface area contributed by atoms with E-state index >= 15 is 0 Å². The monoisotopic (exact) mass is 547 g/mol. The summed E-state index contributed by atoms with van der Waals surface area (Å²) in [4.78, 5) is 30.9. The molecule has 1 aliphatic heterocycles. The van der Waals surface area contributed by atoms with Gasteiger partial charge < -0.3 is 24.6 Å². The van der Waals surface area contributed by atoms with Gasteiger partial charge in [0.1, 0.15) is 12.4 Å². The summed E-state index contributed by atoms with van der Waals surface area (Å²) in [6, 6.07) is 14.9. The molecule has 2 aromatic heterocycles. The number of aromatic amines is 1. The molecule has 0 saturated carbocycles. The largest absolute Gasteiger partial charge is 0.492 e. The number of aromatic nitrogens is 4. The fourth-order valence-electron chi connectivity index (χ4n) is 4.37. The maximum atomic E-state index is 12.3. The zero-order valence-electron chi connectivity index (χ0n) is 22.2. The van der Waals surface area contributed by atoms with Crippen LogP contribution in [0.1, 0.15) is 18.7 Å². The average Bonchev–Trinajstić information content (AvgIpc) is 3.47. The molecule has 1 fully saturated rings. The van der Waals surface area contributed by atoms with E-state index in [1.165, 1.54) is 0 Å². The van der Waals surface area contributed by atoms with Crippen molar-refractivity contribution in [3.63, 3.8) is 0 Å². The summed E-state index contributed by atoms with van der Waals surface area (Å²) in [6.07, 6.45) is 1.29. The number of rotatable bonds is 13. The molecule has 2 aromatic carbocycles. The van der Waals surface area contributed by atoms with Crippen molar-refractivity contribution in [3.05, 3.63) is 64.8 Å². The molecule has 0 spiro atoms. The van der Waals surface area contributed by atoms with Gasteiger partial charge >= 0.3 is 0 Å². The lowest BCUT2D eigenvalue weighted by molar-refractivity contribution is -0.121. The van der Waals surface area contributed by atoms with Crippen molar-refractivity contribution in [3.8, 4) is 17.1 Å². The lowest BCUT2D eigenvalue weighted by atomic mass is 10.2. The Labute approximate surface area is 231 Å². The van der Waals surface area contributed by atoms with Gasteiger partial charge in [-0.2, -0.15) is 10.1 Å². The average molecular weight is 548 g/mol. The number of amides is 1. The van der Waals surface area contributed by atoms with E-state index in [2.05, 4.69) is 35.9 Å². The van der Waals surface area contributed by atoms with E-state index in [0.29, 0.717) is 55.5 Å². The smallest absolute Gasteiger partial charge is 0.272 e. The minimum Gasteiger partial charge on any atom is -0.492 e. The SMILES string of the molecule is O=C(CCc1nc(-c2ccc(OCCN3CCOCC3)cc2)no1)NCCCNc1n[nH]c(=O)c2ccccc12. The summed E-state index contributed by atoms with van der Waals surface area (Å²) in [5, 5.41) is 18.1. The molecule has 210 valence electrons. The number of carbonyl (C=O) groups is 1. The first kappa shape index (κ1) is 27.3. The maximum Gasteiger partial charge on any atom is 0.272 e. The predicted octanol–water partition coefficient (Wildman–Crippen LogP) is 2.24. The van der Waals surface area contributed by atoms with Crippen molar-refractivity contribution < 1.29 is 18.8 Å². The molecule has 3 N–H and O–H groups in total. The van der Waals surface area contributed by atoms with Crippen molar-refractivity contribution in [2.75, 3.05) is 57.9 Å². The van der Waals surface area contributed by atoms with Gasteiger partial charge in [0, 0.05) is 56.5 Å². The number of H-pyrrole nitrogens is 1. The summed E-state index contributed by atoms with van der Waals surface area (Å²) >= 11 is 0. The number of ether oxygens (including phenoxy) is 2. The van der Waals surface area contributed by atoms with Crippen LogP contribution < -0.4 is 20.9 Å². The molecule has 0 atom stereocenters. The normalized spacial score (nSPS) is 13.8. The lowest BCUT2D eigenvalue weighted by Crippen LogP contribution is -2.38. The Morgan fingerprint density at radius 2 is 1.85 bits per heavy atom. The minimum absolute atomic E-state index is 0.0917. The van der Waals surface area contributed by atoms with E-state index in [9.17, 15) is 9.59 Å². The van der Waals surface area contributed by atoms with Gasteiger partial charge in [0.15, 0.2) is 5.82 Å². The van der Waals surface area contributed by atoms with E-state index < -0.39 is 0 Å². The molecule has 0 radical (unpaired) electrons.